The number of alkyl halides is 3. The lowest BCUT2D eigenvalue weighted by molar-refractivity contribution is -0.174. The van der Waals surface area contributed by atoms with Gasteiger partial charge in [-0.1, -0.05) is 30.3 Å². The third-order valence-electron chi connectivity index (χ3n) is 1.59. The second-order valence-corrected chi connectivity index (χ2v) is 2.79. The quantitative estimate of drug-likeness (QED) is 0.752. The number of amides is 1. The Hall–Kier alpha value is -1.56. The molecule has 0 aliphatic heterocycles. The fourth-order valence-electron chi connectivity index (χ4n) is 0.893. The molecule has 1 aromatic rings. The Kier molecular flexibility index (Phi) is 3.68. The lowest BCUT2D eigenvalue weighted by atomic mass is 10.2. The highest BCUT2D eigenvalue weighted by atomic mass is 19.4. The maximum Gasteiger partial charge on any atom is 0.472 e. The van der Waals surface area contributed by atoms with Crippen LogP contribution in [0, 0.1) is 0 Å². The molecule has 0 aromatic heterocycles. The van der Waals surface area contributed by atoms with Crippen molar-refractivity contribution < 1.29 is 18.0 Å². The van der Waals surface area contributed by atoms with Gasteiger partial charge in [-0.15, -0.1) is 0 Å². The van der Waals surface area contributed by atoms with E-state index in [4.69, 9.17) is 0 Å². The van der Waals surface area contributed by atoms with Crippen LogP contribution < -0.4 is 10.9 Å². The maximum atomic E-state index is 11.7. The summed E-state index contributed by atoms with van der Waals surface area (Å²) in [6.07, 6.45) is -4.86. The zero-order valence-electron chi connectivity index (χ0n) is 7.64. The minimum absolute atomic E-state index is 0.142. The van der Waals surface area contributed by atoms with Crippen molar-refractivity contribution in [1.29, 1.82) is 0 Å². The molecule has 82 valence electrons. The molecule has 2 N–H and O–H groups in total. The SMILES string of the molecule is O=C(NNCc1ccccc1)C(F)(F)F. The summed E-state index contributed by atoms with van der Waals surface area (Å²) in [5.74, 6) is -2.00. The average Bonchev–Trinajstić information content (AvgIpc) is 2.18. The average molecular weight is 218 g/mol. The van der Waals surface area contributed by atoms with Crippen molar-refractivity contribution in [3.8, 4) is 0 Å². The Morgan fingerprint density at radius 1 is 1.20 bits per heavy atom. The number of hydrazine groups is 1. The Morgan fingerprint density at radius 2 is 1.80 bits per heavy atom. The van der Waals surface area contributed by atoms with E-state index < -0.39 is 12.1 Å². The molecule has 0 radical (unpaired) electrons. The number of rotatable bonds is 3. The molecule has 0 heterocycles. The van der Waals surface area contributed by atoms with Crippen molar-refractivity contribution in [1.82, 2.24) is 10.9 Å². The highest BCUT2D eigenvalue weighted by molar-refractivity contribution is 5.81. The van der Waals surface area contributed by atoms with E-state index in [-0.39, 0.29) is 6.54 Å². The minimum Gasteiger partial charge on any atom is -0.283 e. The van der Waals surface area contributed by atoms with Gasteiger partial charge in [0.15, 0.2) is 0 Å². The lowest BCUT2D eigenvalue weighted by Gasteiger charge is -2.08. The normalized spacial score (nSPS) is 11.1. The number of carbonyl (C=O) groups excluding carboxylic acids is 1. The monoisotopic (exact) mass is 218 g/mol. The van der Waals surface area contributed by atoms with Crippen LogP contribution in [0.2, 0.25) is 0 Å². The van der Waals surface area contributed by atoms with Crippen LogP contribution in [0.15, 0.2) is 30.3 Å². The summed E-state index contributed by atoms with van der Waals surface area (Å²) in [6, 6.07) is 8.75. The fourth-order valence-corrected chi connectivity index (χ4v) is 0.893. The van der Waals surface area contributed by atoms with Crippen molar-refractivity contribution >= 4 is 5.91 Å². The first-order valence-corrected chi connectivity index (χ1v) is 4.14. The molecule has 0 saturated carbocycles. The van der Waals surface area contributed by atoms with Gasteiger partial charge in [-0.25, -0.2) is 5.43 Å². The Balaban J connectivity index is 2.32. The second-order valence-electron chi connectivity index (χ2n) is 2.79. The highest BCUT2D eigenvalue weighted by Crippen LogP contribution is 2.13. The number of carbonyl (C=O) groups is 1. The molecule has 0 unspecified atom stereocenters. The molecule has 3 nitrogen and oxygen atoms in total. The van der Waals surface area contributed by atoms with Crippen LogP contribution >= 0.6 is 0 Å². The van der Waals surface area contributed by atoms with E-state index in [2.05, 4.69) is 5.43 Å². The van der Waals surface area contributed by atoms with Crippen molar-refractivity contribution in [3.63, 3.8) is 0 Å². The van der Waals surface area contributed by atoms with E-state index >= 15 is 0 Å². The number of hydrogen-bond donors (Lipinski definition) is 2. The minimum atomic E-state index is -4.86. The molecule has 1 aromatic carbocycles. The third kappa shape index (κ3) is 3.99. The topological polar surface area (TPSA) is 41.1 Å². The van der Waals surface area contributed by atoms with E-state index in [1.807, 2.05) is 0 Å². The summed E-state index contributed by atoms with van der Waals surface area (Å²) in [5.41, 5.74) is 4.52. The smallest absolute Gasteiger partial charge is 0.283 e. The van der Waals surface area contributed by atoms with Crippen LogP contribution in [0.4, 0.5) is 13.2 Å². The van der Waals surface area contributed by atoms with Crippen LogP contribution in [0.3, 0.4) is 0 Å². The first-order valence-electron chi connectivity index (χ1n) is 4.14. The zero-order chi connectivity index (χ0) is 11.3. The number of benzene rings is 1. The largest absolute Gasteiger partial charge is 0.472 e. The van der Waals surface area contributed by atoms with Crippen molar-refractivity contribution in [2.45, 2.75) is 12.7 Å². The van der Waals surface area contributed by atoms with Gasteiger partial charge in [0, 0.05) is 6.54 Å². The Labute approximate surface area is 84.3 Å². The molecule has 15 heavy (non-hydrogen) atoms. The summed E-state index contributed by atoms with van der Waals surface area (Å²) in [4.78, 5) is 10.4. The lowest BCUT2D eigenvalue weighted by Crippen LogP contribution is -2.44. The first kappa shape index (κ1) is 11.5. The van der Waals surface area contributed by atoms with E-state index in [0.29, 0.717) is 0 Å². The van der Waals surface area contributed by atoms with Crippen molar-refractivity contribution in [2.24, 2.45) is 0 Å². The van der Waals surface area contributed by atoms with Gasteiger partial charge in [0.05, 0.1) is 0 Å². The standard InChI is InChI=1S/C9H9F3N2O/c10-9(11,12)8(15)14-13-6-7-4-2-1-3-5-7/h1-5,13H,6H2,(H,14,15). The summed E-state index contributed by atoms with van der Waals surface area (Å²) in [6.45, 7) is 0.142. The summed E-state index contributed by atoms with van der Waals surface area (Å²) >= 11 is 0. The van der Waals surface area contributed by atoms with Crippen molar-refractivity contribution in [3.05, 3.63) is 35.9 Å². The van der Waals surface area contributed by atoms with E-state index in [1.54, 1.807) is 35.8 Å². The molecular weight excluding hydrogens is 209 g/mol. The van der Waals surface area contributed by atoms with Gasteiger partial charge < -0.3 is 0 Å². The molecule has 0 aliphatic carbocycles. The van der Waals surface area contributed by atoms with Crippen LogP contribution in [0.1, 0.15) is 5.56 Å². The Bertz CT molecular complexity index is 324. The van der Waals surface area contributed by atoms with Gasteiger partial charge in [0.25, 0.3) is 0 Å². The predicted octanol–water partition coefficient (Wildman–Crippen LogP) is 1.37. The summed E-state index contributed by atoms with van der Waals surface area (Å²) < 4.78 is 35.2. The van der Waals surface area contributed by atoms with E-state index in [1.165, 1.54) is 0 Å². The second kappa shape index (κ2) is 4.79. The van der Waals surface area contributed by atoms with E-state index in [9.17, 15) is 18.0 Å². The van der Waals surface area contributed by atoms with Crippen LogP contribution in [0.25, 0.3) is 0 Å². The zero-order valence-corrected chi connectivity index (χ0v) is 7.64. The number of halogens is 3. The predicted molar refractivity (Wildman–Crippen MR) is 47.5 cm³/mol. The molecule has 0 atom stereocenters. The molecular formula is C9H9F3N2O. The number of nitrogens with one attached hydrogen (secondary N) is 2. The molecule has 0 fully saturated rings. The molecule has 0 saturated heterocycles. The fraction of sp³-hybridized carbons (Fsp3) is 0.222. The third-order valence-corrected chi connectivity index (χ3v) is 1.59. The van der Waals surface area contributed by atoms with Crippen LogP contribution in [0.5, 0.6) is 0 Å². The molecule has 6 heteroatoms. The van der Waals surface area contributed by atoms with Gasteiger partial charge in [-0.3, -0.25) is 10.2 Å². The summed E-state index contributed by atoms with van der Waals surface area (Å²) in [5, 5.41) is 0. The molecule has 0 aliphatic rings. The van der Waals surface area contributed by atoms with Gasteiger partial charge >= 0.3 is 12.1 Å². The van der Waals surface area contributed by atoms with Gasteiger partial charge in [0.1, 0.15) is 0 Å². The Morgan fingerprint density at radius 3 is 2.33 bits per heavy atom. The van der Waals surface area contributed by atoms with Gasteiger partial charge in [-0.05, 0) is 5.56 Å². The molecule has 1 rings (SSSR count). The first-order chi connectivity index (χ1) is 7.00. The maximum absolute atomic E-state index is 11.7. The number of hydrogen-bond acceptors (Lipinski definition) is 2. The van der Waals surface area contributed by atoms with Gasteiger partial charge in [0.2, 0.25) is 0 Å². The highest BCUT2D eigenvalue weighted by Gasteiger charge is 2.38. The van der Waals surface area contributed by atoms with Crippen LogP contribution in [-0.2, 0) is 11.3 Å². The molecule has 0 bridgehead atoms. The molecule has 0 spiro atoms. The van der Waals surface area contributed by atoms with E-state index in [0.717, 1.165) is 5.56 Å². The summed E-state index contributed by atoms with van der Waals surface area (Å²) in [7, 11) is 0. The van der Waals surface area contributed by atoms with Gasteiger partial charge in [-0.2, -0.15) is 13.2 Å². The van der Waals surface area contributed by atoms with Crippen LogP contribution in [-0.4, -0.2) is 12.1 Å². The van der Waals surface area contributed by atoms with Crippen molar-refractivity contribution in [2.75, 3.05) is 0 Å². The molecule has 1 amide bonds.